The Hall–Kier alpha value is -2.90. The third-order valence-electron chi connectivity index (χ3n) is 16.6. The van der Waals surface area contributed by atoms with Gasteiger partial charge in [0.2, 0.25) is 0 Å². The zero-order valence-corrected chi connectivity index (χ0v) is 33.1. The third kappa shape index (κ3) is 4.78. The quantitative estimate of drug-likeness (QED) is 0.223. The van der Waals surface area contributed by atoms with Crippen LogP contribution in [0.4, 0.5) is 0 Å². The Kier molecular flexibility index (Phi) is 8.60. The first-order valence-electron chi connectivity index (χ1n) is 22.1. The molecule has 2 spiro atoms. The van der Waals surface area contributed by atoms with Crippen molar-refractivity contribution in [2.75, 3.05) is 32.7 Å². The van der Waals surface area contributed by atoms with Crippen LogP contribution in [0.15, 0.2) is 53.5 Å². The van der Waals surface area contributed by atoms with Crippen LogP contribution in [0.1, 0.15) is 126 Å². The number of hydrogen-bond donors (Lipinski definition) is 1. The van der Waals surface area contributed by atoms with Crippen LogP contribution in [0.25, 0.3) is 0 Å². The molecule has 1 aromatic carbocycles. The van der Waals surface area contributed by atoms with Gasteiger partial charge in [0, 0.05) is 55.3 Å². The van der Waals surface area contributed by atoms with Crippen LogP contribution in [0.3, 0.4) is 0 Å². The van der Waals surface area contributed by atoms with Gasteiger partial charge in [0.05, 0.1) is 11.0 Å². The van der Waals surface area contributed by atoms with E-state index in [0.29, 0.717) is 48.1 Å². The van der Waals surface area contributed by atoms with Gasteiger partial charge in [0.1, 0.15) is 11.2 Å². The Morgan fingerprint density at radius 2 is 1.81 bits per heavy atom. The topological polar surface area (TPSA) is 85.1 Å². The molecule has 7 heteroatoms. The van der Waals surface area contributed by atoms with Gasteiger partial charge in [0.25, 0.3) is 0 Å². The molecule has 5 fully saturated rings. The molecular weight excluding hydrogens is 671 g/mol. The summed E-state index contributed by atoms with van der Waals surface area (Å²) in [4.78, 5) is 35.4. The van der Waals surface area contributed by atoms with E-state index in [0.717, 1.165) is 93.3 Å². The molecule has 0 amide bonds. The van der Waals surface area contributed by atoms with E-state index >= 15 is 4.79 Å². The first-order chi connectivity index (χ1) is 26.2. The summed E-state index contributed by atoms with van der Waals surface area (Å²) in [5.74, 6) is 3.61. The highest BCUT2D eigenvalue weighted by Gasteiger charge is 2.91. The lowest BCUT2D eigenvalue weighted by Gasteiger charge is -2.69. The number of benzene rings is 1. The lowest BCUT2D eigenvalue weighted by molar-refractivity contribution is -0.274. The molecule has 2 saturated carbocycles. The monoisotopic (exact) mass is 733 g/mol. The van der Waals surface area contributed by atoms with E-state index < -0.39 is 16.4 Å². The van der Waals surface area contributed by atoms with Crippen molar-refractivity contribution in [2.45, 2.75) is 122 Å². The van der Waals surface area contributed by atoms with Gasteiger partial charge in [0.15, 0.2) is 5.60 Å². The van der Waals surface area contributed by atoms with Gasteiger partial charge in [-0.15, -0.1) is 0 Å². The molecular formula is C47H63N3O4. The van der Waals surface area contributed by atoms with Crippen molar-refractivity contribution in [3.63, 3.8) is 0 Å². The van der Waals surface area contributed by atoms with Crippen molar-refractivity contribution in [2.24, 2.45) is 58.0 Å². The zero-order chi connectivity index (χ0) is 37.0. The van der Waals surface area contributed by atoms with Crippen molar-refractivity contribution >= 4 is 11.9 Å². The van der Waals surface area contributed by atoms with Crippen LogP contribution in [0.5, 0.6) is 0 Å². The average Bonchev–Trinajstić information content (AvgIpc) is 3.87. The summed E-state index contributed by atoms with van der Waals surface area (Å²) in [5, 5.41) is 0. The molecule has 2 N–H and O–H groups in total. The van der Waals surface area contributed by atoms with Gasteiger partial charge in [-0.3, -0.25) is 9.69 Å². The Morgan fingerprint density at radius 3 is 2.57 bits per heavy atom. The molecule has 8 aliphatic heterocycles. The summed E-state index contributed by atoms with van der Waals surface area (Å²) in [6.45, 7) is 12.2. The number of nitrogens with zero attached hydrogens (tertiary/aromatic N) is 2. The predicted octanol–water partition coefficient (Wildman–Crippen LogP) is 8.29. The van der Waals surface area contributed by atoms with Crippen LogP contribution < -0.4 is 5.73 Å². The fraction of sp³-hybridized carbons (Fsp3) is 0.702. The lowest BCUT2D eigenvalue weighted by Crippen LogP contribution is -2.75. The van der Waals surface area contributed by atoms with E-state index in [1.54, 1.807) is 0 Å². The van der Waals surface area contributed by atoms with Crippen LogP contribution in [0.2, 0.25) is 0 Å². The van der Waals surface area contributed by atoms with Crippen LogP contribution in [0, 0.1) is 52.3 Å². The van der Waals surface area contributed by atoms with Crippen molar-refractivity contribution in [3.8, 4) is 0 Å². The first-order valence-corrected chi connectivity index (χ1v) is 22.1. The number of hydrogen-bond acceptors (Lipinski definition) is 7. The molecule has 7 nitrogen and oxygen atoms in total. The normalized spacial score (nSPS) is 41.2. The number of allylic oxidation sites excluding steroid dienone is 2. The molecule has 8 bridgehead atoms. The van der Waals surface area contributed by atoms with Crippen molar-refractivity contribution in [1.29, 1.82) is 0 Å². The van der Waals surface area contributed by atoms with E-state index in [4.69, 9.17) is 15.2 Å². The molecule has 54 heavy (non-hydrogen) atoms. The zero-order valence-electron chi connectivity index (χ0n) is 33.1. The summed E-state index contributed by atoms with van der Waals surface area (Å²) in [7, 11) is 0. The number of esters is 2. The number of carbonyl (C=O) groups excluding carboxylic acids is 2. The largest absolute Gasteiger partial charge is 0.449 e. The van der Waals surface area contributed by atoms with Gasteiger partial charge in [-0.05, 0) is 118 Å². The SMILES string of the molecule is CCC(C)CC1C23C=C4CCC2(C(=CCC(C2CCCC2)N2CC5CC(CN(C5)C5=CCC(C)CC45)C2)OC3=O)C12OC(=O)c1c(CCCN)cccc12. The van der Waals surface area contributed by atoms with Crippen LogP contribution in [-0.2, 0) is 26.3 Å². The number of aryl methyl sites for hydroxylation is 1. The van der Waals surface area contributed by atoms with Crippen molar-refractivity contribution in [3.05, 3.63) is 70.1 Å². The maximum absolute atomic E-state index is 15.2. The lowest BCUT2D eigenvalue weighted by atomic mass is 9.31. The predicted molar refractivity (Wildman–Crippen MR) is 210 cm³/mol. The summed E-state index contributed by atoms with van der Waals surface area (Å²) in [6, 6.07) is 6.82. The number of rotatable bonds is 7. The highest BCUT2D eigenvalue weighted by Crippen LogP contribution is 2.85. The van der Waals surface area contributed by atoms with Gasteiger partial charge < -0.3 is 20.1 Å². The summed E-state index contributed by atoms with van der Waals surface area (Å²) < 4.78 is 13.9. The smallest absolute Gasteiger partial charge is 0.339 e. The van der Waals surface area contributed by atoms with Crippen molar-refractivity contribution < 1.29 is 19.1 Å². The standard InChI is InChI=1S/C47H63N3O4/c1-4-29(2)22-40-45-24-35-18-19-46(45,47(40)37-13-7-11-34(12-8-20-48)42(37)43(51)54-47)41(53-44(45)52)17-16-38(33-9-5-6-10-33)49-25-31-23-32(26-49)28-50(27-31)39-15-14-30(3)21-36(35)39/h7,11,13,15,17,24,29-33,36,38,40H,4-6,8-10,12,14,16,18-23,25-28,48H2,1-3H3. The Bertz CT molecular complexity index is 1790. The number of ether oxygens (including phenoxy) is 2. The maximum atomic E-state index is 15.2. The molecule has 12 aliphatic rings. The van der Waals surface area contributed by atoms with Crippen molar-refractivity contribution in [1.82, 2.24) is 9.80 Å². The Labute approximate surface area is 323 Å². The fourth-order valence-electron chi connectivity index (χ4n) is 14.3. The average molecular weight is 734 g/mol. The minimum absolute atomic E-state index is 0.102. The van der Waals surface area contributed by atoms with Gasteiger partial charge in [-0.25, -0.2) is 4.79 Å². The summed E-state index contributed by atoms with van der Waals surface area (Å²) in [6.07, 6.45) is 22.2. The maximum Gasteiger partial charge on any atom is 0.339 e. The second-order valence-corrected chi connectivity index (χ2v) is 19.5. The molecule has 0 aromatic heterocycles. The highest BCUT2D eigenvalue weighted by molar-refractivity contribution is 5.99. The number of nitrogens with two attached hydrogens (primary N) is 1. The number of carbonyl (C=O) groups is 2. The van der Waals surface area contributed by atoms with Crippen LogP contribution >= 0.6 is 0 Å². The molecule has 290 valence electrons. The second kappa shape index (κ2) is 13.1. The molecule has 4 aliphatic carbocycles. The fourth-order valence-corrected chi connectivity index (χ4v) is 14.3. The Balaban J connectivity index is 1.20. The number of piperidine rings is 2. The molecule has 13 rings (SSSR count). The highest BCUT2D eigenvalue weighted by atomic mass is 16.6. The molecule has 10 atom stereocenters. The minimum atomic E-state index is -0.946. The van der Waals surface area contributed by atoms with Gasteiger partial charge in [-0.1, -0.05) is 76.0 Å². The third-order valence-corrected chi connectivity index (χ3v) is 16.6. The van der Waals surface area contributed by atoms with Gasteiger partial charge >= 0.3 is 11.9 Å². The van der Waals surface area contributed by atoms with E-state index in [2.05, 4.69) is 67.0 Å². The first kappa shape index (κ1) is 35.5. The molecule has 0 radical (unpaired) electrons. The van der Waals surface area contributed by atoms with E-state index in [1.165, 1.54) is 56.5 Å². The van der Waals surface area contributed by atoms with Crippen LogP contribution in [-0.4, -0.2) is 60.5 Å². The summed E-state index contributed by atoms with van der Waals surface area (Å²) in [5.41, 5.74) is 9.14. The minimum Gasteiger partial charge on any atom is -0.449 e. The second-order valence-electron chi connectivity index (χ2n) is 19.5. The molecule has 8 heterocycles. The van der Waals surface area contributed by atoms with E-state index in [-0.39, 0.29) is 17.9 Å². The molecule has 1 aromatic rings. The Morgan fingerprint density at radius 1 is 1.02 bits per heavy atom. The van der Waals surface area contributed by atoms with E-state index in [9.17, 15) is 4.79 Å². The summed E-state index contributed by atoms with van der Waals surface area (Å²) >= 11 is 0. The number of fused-ring (bicyclic) bond motifs is 2. The van der Waals surface area contributed by atoms with E-state index in [1.807, 2.05) is 0 Å². The molecule has 10 unspecified atom stereocenters. The van der Waals surface area contributed by atoms with Gasteiger partial charge in [-0.2, -0.15) is 0 Å². The molecule has 3 saturated heterocycles.